The maximum Gasteiger partial charge on any atom is 0.253 e. The average Bonchev–Trinajstić information content (AvgIpc) is 3.28. The van der Waals surface area contributed by atoms with Gasteiger partial charge in [0.05, 0.1) is 12.2 Å². The Kier molecular flexibility index (Phi) is 5.85. The van der Waals surface area contributed by atoms with Crippen molar-refractivity contribution in [3.63, 3.8) is 0 Å². The summed E-state index contributed by atoms with van der Waals surface area (Å²) in [5.41, 5.74) is 0.977. The van der Waals surface area contributed by atoms with E-state index in [4.69, 9.17) is 4.63 Å². The van der Waals surface area contributed by atoms with Gasteiger partial charge in [-0.25, -0.2) is 13.0 Å². The largest absolute Gasteiger partial charge is 0.376 e. The number of amides is 3. The normalized spacial score (nSPS) is 14.2. The lowest BCUT2D eigenvalue weighted by Crippen LogP contribution is -2.42. The highest BCUT2D eigenvalue weighted by Gasteiger charge is 2.28. The summed E-state index contributed by atoms with van der Waals surface area (Å²) in [6.45, 7) is -0.477. The second-order valence-corrected chi connectivity index (χ2v) is 8.72. The molecule has 0 spiro atoms. The van der Waals surface area contributed by atoms with Gasteiger partial charge in [0.1, 0.15) is 4.90 Å². The van der Waals surface area contributed by atoms with Gasteiger partial charge >= 0.3 is 0 Å². The summed E-state index contributed by atoms with van der Waals surface area (Å²) in [5, 5.41) is 9.96. The van der Waals surface area contributed by atoms with Crippen molar-refractivity contribution >= 4 is 44.5 Å². The molecular weight excluding hydrogens is 416 g/mol. The van der Waals surface area contributed by atoms with Crippen LogP contribution in [0.1, 0.15) is 0 Å². The predicted octanol–water partition coefficient (Wildman–Crippen LogP) is -1.05. The minimum Gasteiger partial charge on any atom is -0.376 e. The van der Waals surface area contributed by atoms with Crippen molar-refractivity contribution in [2.75, 3.05) is 45.7 Å². The van der Waals surface area contributed by atoms with Crippen LogP contribution in [-0.4, -0.2) is 86.4 Å². The lowest BCUT2D eigenvalue weighted by molar-refractivity contribution is -0.137. The molecule has 1 aromatic carbocycles. The number of anilines is 1. The Morgan fingerprint density at radius 2 is 1.73 bits per heavy atom. The molecule has 12 nitrogen and oxygen atoms in total. The van der Waals surface area contributed by atoms with E-state index >= 15 is 0 Å². The predicted molar refractivity (Wildman–Crippen MR) is 105 cm³/mol. The number of fused-ring (bicyclic) bond motifs is 1. The zero-order chi connectivity index (χ0) is 22.1. The molecule has 3 amide bonds. The molecule has 3 rings (SSSR count). The number of carbonyl (C=O) groups excluding carboxylic acids is 3. The highest BCUT2D eigenvalue weighted by Crippen LogP contribution is 2.29. The highest BCUT2D eigenvalue weighted by atomic mass is 32.2. The average molecular weight is 436 g/mol. The van der Waals surface area contributed by atoms with Gasteiger partial charge in [-0.05, 0) is 22.4 Å². The Balaban J connectivity index is 1.67. The molecule has 1 aliphatic heterocycles. The van der Waals surface area contributed by atoms with Gasteiger partial charge < -0.3 is 10.2 Å². The third kappa shape index (κ3) is 4.02. The van der Waals surface area contributed by atoms with E-state index in [0.29, 0.717) is 5.69 Å². The second-order valence-electron chi connectivity index (χ2n) is 6.71. The van der Waals surface area contributed by atoms with Gasteiger partial charge in [-0.1, -0.05) is 0 Å². The first-order valence-electron chi connectivity index (χ1n) is 8.82. The standard InChI is InChI=1S/C17H20N6O6S/c1-21(2)11-4-5-12(17-16(11)19-29-20-17)30(27,28)22(3)10-13(24)18-8-9-23-14(25)6-7-15(23)26/h4-7H,8-10H2,1-3H3,(H,18,24). The monoisotopic (exact) mass is 436 g/mol. The molecule has 0 unspecified atom stereocenters. The molecule has 0 bridgehead atoms. The maximum absolute atomic E-state index is 12.9. The molecule has 0 saturated heterocycles. The van der Waals surface area contributed by atoms with Gasteiger partial charge in [0.2, 0.25) is 15.9 Å². The number of likely N-dealkylation sites (N-methyl/N-ethyl adjacent to an activating group) is 1. The molecule has 0 aliphatic carbocycles. The summed E-state index contributed by atoms with van der Waals surface area (Å²) in [7, 11) is 0.730. The topological polar surface area (TPSA) is 146 Å². The van der Waals surface area contributed by atoms with E-state index in [1.54, 1.807) is 25.1 Å². The summed E-state index contributed by atoms with van der Waals surface area (Å²) in [5.74, 6) is -1.51. The molecule has 1 aliphatic rings. The number of benzene rings is 1. The van der Waals surface area contributed by atoms with Crippen LogP contribution in [0, 0.1) is 0 Å². The number of imide groups is 1. The Morgan fingerprint density at radius 1 is 1.10 bits per heavy atom. The number of sulfonamides is 1. The number of rotatable bonds is 8. The summed E-state index contributed by atoms with van der Waals surface area (Å²) >= 11 is 0. The van der Waals surface area contributed by atoms with E-state index in [2.05, 4.69) is 15.6 Å². The molecular formula is C17H20N6O6S. The first-order chi connectivity index (χ1) is 14.1. The highest BCUT2D eigenvalue weighted by molar-refractivity contribution is 7.89. The van der Waals surface area contributed by atoms with Crippen molar-refractivity contribution in [3.05, 3.63) is 24.3 Å². The lowest BCUT2D eigenvalue weighted by atomic mass is 10.2. The number of hydrogen-bond donors (Lipinski definition) is 1. The van der Waals surface area contributed by atoms with Crippen molar-refractivity contribution in [2.24, 2.45) is 0 Å². The van der Waals surface area contributed by atoms with E-state index < -0.39 is 34.3 Å². The van der Waals surface area contributed by atoms with Gasteiger partial charge in [-0.15, -0.1) is 0 Å². The van der Waals surface area contributed by atoms with Crippen molar-refractivity contribution in [1.82, 2.24) is 24.8 Å². The van der Waals surface area contributed by atoms with Gasteiger partial charge in [0.25, 0.3) is 11.8 Å². The number of carbonyl (C=O) groups is 3. The van der Waals surface area contributed by atoms with E-state index in [9.17, 15) is 22.8 Å². The van der Waals surface area contributed by atoms with Gasteiger partial charge in [0.15, 0.2) is 11.0 Å². The number of hydrogen-bond acceptors (Lipinski definition) is 9. The molecule has 0 atom stereocenters. The third-order valence-corrected chi connectivity index (χ3v) is 6.29. The zero-order valence-corrected chi connectivity index (χ0v) is 17.3. The minimum absolute atomic E-state index is 0.000857. The molecule has 1 aromatic heterocycles. The van der Waals surface area contributed by atoms with Crippen LogP contribution in [0.25, 0.3) is 11.0 Å². The van der Waals surface area contributed by atoms with E-state index in [0.717, 1.165) is 21.4 Å². The lowest BCUT2D eigenvalue weighted by Gasteiger charge is -2.19. The van der Waals surface area contributed by atoms with Gasteiger partial charge in [0, 0.05) is 46.4 Å². The van der Waals surface area contributed by atoms with Crippen LogP contribution in [0.5, 0.6) is 0 Å². The van der Waals surface area contributed by atoms with Crippen molar-refractivity contribution in [1.29, 1.82) is 0 Å². The fourth-order valence-electron chi connectivity index (χ4n) is 2.87. The Hall–Kier alpha value is -3.32. The second kappa shape index (κ2) is 8.20. The SMILES string of the molecule is CN(C)c1ccc(S(=O)(=O)N(C)CC(=O)NCCN2C(=O)C=CC2=O)c2nonc12. The molecule has 1 N–H and O–H groups in total. The van der Waals surface area contributed by atoms with E-state index in [-0.39, 0.29) is 29.0 Å². The minimum atomic E-state index is -4.07. The Bertz CT molecular complexity index is 1120. The van der Waals surface area contributed by atoms with Crippen LogP contribution in [0.3, 0.4) is 0 Å². The number of nitrogens with zero attached hydrogens (tertiary/aromatic N) is 5. The van der Waals surface area contributed by atoms with E-state index in [1.807, 2.05) is 0 Å². The summed E-state index contributed by atoms with van der Waals surface area (Å²) in [4.78, 5) is 37.7. The van der Waals surface area contributed by atoms with E-state index in [1.165, 1.54) is 13.1 Å². The number of aromatic nitrogens is 2. The number of nitrogens with one attached hydrogen (secondary N) is 1. The molecule has 30 heavy (non-hydrogen) atoms. The first kappa shape index (κ1) is 21.4. The van der Waals surface area contributed by atoms with Gasteiger partial charge in [-0.2, -0.15) is 4.31 Å². The van der Waals surface area contributed by atoms with Crippen LogP contribution in [-0.2, 0) is 24.4 Å². The van der Waals surface area contributed by atoms with Crippen LogP contribution in [0.2, 0.25) is 0 Å². The quantitative estimate of drug-likeness (QED) is 0.512. The van der Waals surface area contributed by atoms with Crippen LogP contribution in [0.15, 0.2) is 33.8 Å². The van der Waals surface area contributed by atoms with Crippen LogP contribution >= 0.6 is 0 Å². The molecule has 0 radical (unpaired) electrons. The maximum atomic E-state index is 12.9. The van der Waals surface area contributed by atoms with Crippen molar-refractivity contribution < 1.29 is 27.4 Å². The summed E-state index contributed by atoms with van der Waals surface area (Å²) in [6, 6.07) is 2.95. The Labute approximate surface area is 172 Å². The third-order valence-electron chi connectivity index (χ3n) is 4.45. The summed E-state index contributed by atoms with van der Waals surface area (Å²) in [6.07, 6.45) is 2.29. The molecule has 2 aromatic rings. The molecule has 0 saturated carbocycles. The fourth-order valence-corrected chi connectivity index (χ4v) is 4.11. The molecule has 160 valence electrons. The zero-order valence-electron chi connectivity index (χ0n) is 16.5. The first-order valence-corrected chi connectivity index (χ1v) is 10.3. The fraction of sp³-hybridized carbons (Fsp3) is 0.353. The van der Waals surface area contributed by atoms with Crippen molar-refractivity contribution in [2.45, 2.75) is 4.90 Å². The van der Waals surface area contributed by atoms with Crippen LogP contribution < -0.4 is 10.2 Å². The van der Waals surface area contributed by atoms with Gasteiger partial charge in [-0.3, -0.25) is 19.3 Å². The summed E-state index contributed by atoms with van der Waals surface area (Å²) < 4.78 is 31.5. The Morgan fingerprint density at radius 3 is 2.37 bits per heavy atom. The molecule has 13 heteroatoms. The van der Waals surface area contributed by atoms with Crippen LogP contribution in [0.4, 0.5) is 5.69 Å². The van der Waals surface area contributed by atoms with Crippen molar-refractivity contribution in [3.8, 4) is 0 Å². The smallest absolute Gasteiger partial charge is 0.253 e. The molecule has 0 fully saturated rings. The molecule has 2 heterocycles.